The molecule has 1 aliphatic rings. The first kappa shape index (κ1) is 14.6. The van der Waals surface area contributed by atoms with E-state index in [-0.39, 0.29) is 17.7 Å². The van der Waals surface area contributed by atoms with Crippen LogP contribution in [0.2, 0.25) is 0 Å². The quantitative estimate of drug-likeness (QED) is 0.872. The molecule has 1 fully saturated rings. The van der Waals surface area contributed by atoms with Crippen molar-refractivity contribution in [1.29, 1.82) is 0 Å². The minimum Gasteiger partial charge on any atom is -0.496 e. The highest BCUT2D eigenvalue weighted by Gasteiger charge is 2.48. The number of halogens is 2. The first-order valence-corrected chi connectivity index (χ1v) is 6.20. The van der Waals surface area contributed by atoms with Gasteiger partial charge in [0.2, 0.25) is 0 Å². The van der Waals surface area contributed by atoms with Gasteiger partial charge < -0.3 is 14.6 Å². The number of ether oxygens (including phenoxy) is 2. The van der Waals surface area contributed by atoms with Crippen molar-refractivity contribution in [2.75, 3.05) is 14.2 Å². The van der Waals surface area contributed by atoms with E-state index in [1.807, 2.05) is 0 Å². The van der Waals surface area contributed by atoms with Crippen molar-refractivity contribution < 1.29 is 28.2 Å². The maximum Gasteiger partial charge on any atom is 0.304 e. The molecule has 1 aromatic rings. The Morgan fingerprint density at radius 1 is 1.30 bits per heavy atom. The van der Waals surface area contributed by atoms with Crippen molar-refractivity contribution in [1.82, 2.24) is 0 Å². The summed E-state index contributed by atoms with van der Waals surface area (Å²) < 4.78 is 36.1. The number of carboxylic acid groups (broad SMARTS) is 1. The van der Waals surface area contributed by atoms with Crippen LogP contribution in [0, 0.1) is 0 Å². The molecule has 4 nitrogen and oxygen atoms in total. The van der Waals surface area contributed by atoms with Crippen LogP contribution in [0.1, 0.15) is 36.8 Å². The van der Waals surface area contributed by atoms with Crippen molar-refractivity contribution in [3.05, 3.63) is 23.3 Å². The van der Waals surface area contributed by atoms with E-state index < -0.39 is 17.8 Å². The summed E-state index contributed by atoms with van der Waals surface area (Å²) in [5.74, 6) is -0.561. The molecule has 0 amide bonds. The van der Waals surface area contributed by atoms with E-state index in [0.717, 1.165) is 0 Å². The SMILES string of the molecule is COc1cc(C2(CC(=O)O)CC2)c(OC)cc1C(F)F. The molecule has 1 aliphatic carbocycles. The molecule has 2 rings (SSSR count). The van der Waals surface area contributed by atoms with Gasteiger partial charge in [0, 0.05) is 11.0 Å². The van der Waals surface area contributed by atoms with E-state index in [1.54, 1.807) is 0 Å². The van der Waals surface area contributed by atoms with E-state index in [2.05, 4.69) is 0 Å². The largest absolute Gasteiger partial charge is 0.496 e. The summed E-state index contributed by atoms with van der Waals surface area (Å²) >= 11 is 0. The van der Waals surface area contributed by atoms with Gasteiger partial charge >= 0.3 is 5.97 Å². The molecule has 20 heavy (non-hydrogen) atoms. The first-order chi connectivity index (χ1) is 9.43. The summed E-state index contributed by atoms with van der Waals surface area (Å²) in [5, 5.41) is 8.99. The third-order valence-electron chi connectivity index (χ3n) is 3.70. The summed E-state index contributed by atoms with van der Waals surface area (Å²) in [7, 11) is 2.70. The Hall–Kier alpha value is -1.85. The molecule has 0 atom stereocenters. The number of hydrogen-bond donors (Lipinski definition) is 1. The number of carbonyl (C=O) groups is 1. The second-order valence-electron chi connectivity index (χ2n) is 4.95. The molecule has 0 spiro atoms. The molecule has 110 valence electrons. The van der Waals surface area contributed by atoms with Gasteiger partial charge in [-0.25, -0.2) is 8.78 Å². The number of rotatable bonds is 6. The normalized spacial score (nSPS) is 16.1. The highest BCUT2D eigenvalue weighted by Crippen LogP contribution is 2.55. The second kappa shape index (κ2) is 5.26. The lowest BCUT2D eigenvalue weighted by atomic mass is 9.90. The Labute approximate surface area is 115 Å². The van der Waals surface area contributed by atoms with Crippen molar-refractivity contribution in [3.8, 4) is 11.5 Å². The average molecular weight is 286 g/mol. The predicted octanol–water partition coefficient (Wildman–Crippen LogP) is 3.15. The standard InChI is InChI=1S/C14H16F2O4/c1-19-10-6-9(14(3-4-14)7-12(17)18)11(20-2)5-8(10)13(15)16/h5-6,13H,3-4,7H2,1-2H3,(H,17,18). The van der Waals surface area contributed by atoms with Crippen molar-refractivity contribution in [3.63, 3.8) is 0 Å². The maximum atomic E-state index is 13.0. The molecule has 6 heteroatoms. The van der Waals surface area contributed by atoms with Crippen LogP contribution in [-0.2, 0) is 10.2 Å². The second-order valence-corrected chi connectivity index (χ2v) is 4.95. The van der Waals surface area contributed by atoms with Gasteiger partial charge in [-0.3, -0.25) is 4.79 Å². The Morgan fingerprint density at radius 3 is 2.30 bits per heavy atom. The number of benzene rings is 1. The highest BCUT2D eigenvalue weighted by molar-refractivity contribution is 5.71. The van der Waals surface area contributed by atoms with Gasteiger partial charge in [-0.15, -0.1) is 0 Å². The molecule has 0 saturated heterocycles. The van der Waals surface area contributed by atoms with Gasteiger partial charge in [0.05, 0.1) is 26.2 Å². The van der Waals surface area contributed by atoms with E-state index in [4.69, 9.17) is 14.6 Å². The van der Waals surface area contributed by atoms with Gasteiger partial charge in [-0.05, 0) is 25.0 Å². The Morgan fingerprint density at radius 2 is 1.90 bits per heavy atom. The lowest BCUT2D eigenvalue weighted by molar-refractivity contribution is -0.137. The fraction of sp³-hybridized carbons (Fsp3) is 0.500. The molecule has 0 bridgehead atoms. The monoisotopic (exact) mass is 286 g/mol. The Balaban J connectivity index is 2.50. The van der Waals surface area contributed by atoms with Crippen LogP contribution in [0.3, 0.4) is 0 Å². The van der Waals surface area contributed by atoms with Crippen LogP contribution in [0.15, 0.2) is 12.1 Å². The molecule has 1 aromatic carbocycles. The fourth-order valence-electron chi connectivity index (χ4n) is 2.49. The molecule has 0 radical (unpaired) electrons. The van der Waals surface area contributed by atoms with E-state index in [0.29, 0.717) is 24.2 Å². The van der Waals surface area contributed by atoms with Crippen molar-refractivity contribution in [2.45, 2.75) is 31.1 Å². The number of carboxylic acids is 1. The summed E-state index contributed by atoms with van der Waals surface area (Å²) in [6.07, 6.45) is -1.32. The number of aliphatic carboxylic acids is 1. The third-order valence-corrected chi connectivity index (χ3v) is 3.70. The first-order valence-electron chi connectivity index (χ1n) is 6.20. The zero-order valence-electron chi connectivity index (χ0n) is 11.3. The number of methoxy groups -OCH3 is 2. The van der Waals surface area contributed by atoms with Gasteiger partial charge in [0.15, 0.2) is 0 Å². The van der Waals surface area contributed by atoms with Gasteiger partial charge in [-0.2, -0.15) is 0 Å². The molecule has 0 unspecified atom stereocenters. The fourth-order valence-corrected chi connectivity index (χ4v) is 2.49. The smallest absolute Gasteiger partial charge is 0.304 e. The van der Waals surface area contributed by atoms with Crippen LogP contribution >= 0.6 is 0 Å². The molecule has 0 aliphatic heterocycles. The van der Waals surface area contributed by atoms with Crippen molar-refractivity contribution >= 4 is 5.97 Å². The van der Waals surface area contributed by atoms with E-state index in [1.165, 1.54) is 26.4 Å². The van der Waals surface area contributed by atoms with E-state index >= 15 is 0 Å². The molecular formula is C14H16F2O4. The predicted molar refractivity (Wildman–Crippen MR) is 67.7 cm³/mol. The molecule has 1 N–H and O–H groups in total. The Bertz CT molecular complexity index is 524. The summed E-state index contributed by atoms with van der Waals surface area (Å²) in [4.78, 5) is 11.0. The van der Waals surface area contributed by atoms with Crippen LogP contribution in [-0.4, -0.2) is 25.3 Å². The minimum atomic E-state index is -2.68. The van der Waals surface area contributed by atoms with Gasteiger partial charge in [-0.1, -0.05) is 0 Å². The Kier molecular flexibility index (Phi) is 3.83. The molecule has 0 aromatic heterocycles. The average Bonchev–Trinajstić information content (AvgIpc) is 3.16. The lowest BCUT2D eigenvalue weighted by Crippen LogP contribution is -2.15. The van der Waals surface area contributed by atoms with Crippen LogP contribution in [0.4, 0.5) is 8.78 Å². The van der Waals surface area contributed by atoms with Gasteiger partial charge in [0.1, 0.15) is 11.5 Å². The zero-order valence-corrected chi connectivity index (χ0v) is 11.3. The highest BCUT2D eigenvalue weighted by atomic mass is 19.3. The molecular weight excluding hydrogens is 270 g/mol. The minimum absolute atomic E-state index is 0.0411. The lowest BCUT2D eigenvalue weighted by Gasteiger charge is -2.20. The number of alkyl halides is 2. The van der Waals surface area contributed by atoms with Gasteiger partial charge in [0.25, 0.3) is 6.43 Å². The summed E-state index contributed by atoms with van der Waals surface area (Å²) in [6, 6.07) is 2.72. The van der Waals surface area contributed by atoms with Crippen LogP contribution in [0.5, 0.6) is 11.5 Å². The van der Waals surface area contributed by atoms with Crippen molar-refractivity contribution in [2.24, 2.45) is 0 Å². The number of hydrogen-bond acceptors (Lipinski definition) is 3. The summed E-state index contributed by atoms with van der Waals surface area (Å²) in [5.41, 5.74) is -0.145. The zero-order chi connectivity index (χ0) is 14.9. The maximum absolute atomic E-state index is 13.0. The summed E-state index contributed by atoms with van der Waals surface area (Å²) in [6.45, 7) is 0. The van der Waals surface area contributed by atoms with Crippen LogP contribution < -0.4 is 9.47 Å². The van der Waals surface area contributed by atoms with E-state index in [9.17, 15) is 13.6 Å². The topological polar surface area (TPSA) is 55.8 Å². The molecule has 1 saturated carbocycles. The third kappa shape index (κ3) is 2.55. The molecule has 0 heterocycles. The van der Waals surface area contributed by atoms with Crippen LogP contribution in [0.25, 0.3) is 0 Å².